The molecule has 0 aromatic heterocycles. The molecule has 2 aliphatic heterocycles. The van der Waals surface area contributed by atoms with Crippen molar-refractivity contribution in [3.8, 4) is 0 Å². The molecule has 0 saturated carbocycles. The fourth-order valence-electron chi connectivity index (χ4n) is 4.08. The van der Waals surface area contributed by atoms with Crippen molar-refractivity contribution in [1.29, 1.82) is 0 Å². The molecule has 4 rings (SSSR count). The number of ether oxygens (including phenoxy) is 1. The van der Waals surface area contributed by atoms with Crippen molar-refractivity contribution in [2.75, 3.05) is 25.6 Å². The number of carbonyl (C=O) groups is 3. The van der Waals surface area contributed by atoms with E-state index in [1.807, 2.05) is 0 Å². The van der Waals surface area contributed by atoms with Gasteiger partial charge in [0.2, 0.25) is 17.6 Å². The van der Waals surface area contributed by atoms with Crippen molar-refractivity contribution < 1.29 is 41.1 Å². The smallest absolute Gasteiger partial charge is 0.256 e. The first-order valence-corrected chi connectivity index (χ1v) is 10.4. The second-order valence-corrected chi connectivity index (χ2v) is 8.02. The lowest BCUT2D eigenvalue weighted by Crippen LogP contribution is -2.41. The van der Waals surface area contributed by atoms with E-state index in [1.54, 1.807) is 0 Å². The third-order valence-electron chi connectivity index (χ3n) is 5.72. The monoisotopic (exact) mass is 495 g/mol. The molecule has 0 bridgehead atoms. The van der Waals surface area contributed by atoms with E-state index >= 15 is 0 Å². The largest absolute Gasteiger partial charge is 0.375 e. The minimum Gasteiger partial charge on any atom is -0.375 e. The second kappa shape index (κ2) is 9.45. The number of hydrogen-bond acceptors (Lipinski definition) is 4. The zero-order valence-corrected chi connectivity index (χ0v) is 18.1. The van der Waals surface area contributed by atoms with Crippen LogP contribution in [0.2, 0.25) is 0 Å². The van der Waals surface area contributed by atoms with E-state index in [4.69, 9.17) is 4.74 Å². The number of fused-ring (bicyclic) bond motifs is 2. The van der Waals surface area contributed by atoms with Gasteiger partial charge in [-0.25, -0.2) is 22.0 Å². The van der Waals surface area contributed by atoms with Gasteiger partial charge in [-0.3, -0.25) is 14.4 Å². The molecule has 2 aliphatic rings. The van der Waals surface area contributed by atoms with Crippen molar-refractivity contribution in [3.05, 3.63) is 64.0 Å². The Hall–Kier alpha value is -3.80. The number of anilines is 1. The Morgan fingerprint density at radius 1 is 1.09 bits per heavy atom. The SMILES string of the molecule is COCC(=O)NC1CC2C(=O)Nc3ccc(C=Cc4c(F)c(F)c(F)c(F)c4F)cc3C(=O)N2C1. The Kier molecular flexibility index (Phi) is 6.57. The minimum absolute atomic E-state index is 0.0595. The van der Waals surface area contributed by atoms with Crippen LogP contribution in [0.4, 0.5) is 27.6 Å². The number of carbonyl (C=O) groups excluding carboxylic acids is 3. The highest BCUT2D eigenvalue weighted by atomic mass is 19.2. The van der Waals surface area contributed by atoms with Gasteiger partial charge in [0.1, 0.15) is 12.6 Å². The van der Waals surface area contributed by atoms with Crippen LogP contribution in [0.15, 0.2) is 18.2 Å². The predicted molar refractivity (Wildman–Crippen MR) is 113 cm³/mol. The lowest BCUT2D eigenvalue weighted by Gasteiger charge is -2.20. The second-order valence-electron chi connectivity index (χ2n) is 8.02. The molecule has 2 N–H and O–H groups in total. The highest BCUT2D eigenvalue weighted by Gasteiger charge is 2.43. The molecule has 184 valence electrons. The number of hydrogen-bond donors (Lipinski definition) is 2. The molecule has 7 nitrogen and oxygen atoms in total. The van der Waals surface area contributed by atoms with Crippen LogP contribution in [0.5, 0.6) is 0 Å². The van der Waals surface area contributed by atoms with Crippen LogP contribution in [-0.2, 0) is 14.3 Å². The molecule has 2 unspecified atom stereocenters. The lowest BCUT2D eigenvalue weighted by atomic mass is 10.1. The van der Waals surface area contributed by atoms with Crippen molar-refractivity contribution in [3.63, 3.8) is 0 Å². The van der Waals surface area contributed by atoms with Gasteiger partial charge < -0.3 is 20.3 Å². The Morgan fingerprint density at radius 3 is 2.40 bits per heavy atom. The molecule has 2 heterocycles. The van der Waals surface area contributed by atoms with Crippen LogP contribution in [0.1, 0.15) is 27.9 Å². The molecule has 0 radical (unpaired) electrons. The van der Waals surface area contributed by atoms with Gasteiger partial charge >= 0.3 is 0 Å². The van der Waals surface area contributed by atoms with E-state index in [1.165, 1.54) is 30.2 Å². The van der Waals surface area contributed by atoms with Gasteiger partial charge in [-0.05, 0) is 30.2 Å². The van der Waals surface area contributed by atoms with Crippen molar-refractivity contribution in [1.82, 2.24) is 10.2 Å². The van der Waals surface area contributed by atoms with E-state index in [-0.39, 0.29) is 36.4 Å². The third-order valence-corrected chi connectivity index (χ3v) is 5.72. The van der Waals surface area contributed by atoms with Gasteiger partial charge in [0.05, 0.1) is 16.8 Å². The number of nitrogens with one attached hydrogen (secondary N) is 2. The predicted octanol–water partition coefficient (Wildman–Crippen LogP) is 2.85. The molecule has 0 aliphatic carbocycles. The molecule has 3 amide bonds. The number of halogens is 5. The zero-order valence-electron chi connectivity index (χ0n) is 18.1. The summed E-state index contributed by atoms with van der Waals surface area (Å²) in [5.41, 5.74) is -0.671. The standard InChI is InChI=1S/C23H18F5N3O4/c1-35-9-16(32)29-11-7-15-22(33)30-14-5-3-10(6-13(14)23(34)31(15)8-11)2-4-12-17(24)19(26)21(28)20(27)18(12)25/h2-6,11,15H,7-9H2,1H3,(H,29,32)(H,30,33). The van der Waals surface area contributed by atoms with Crippen LogP contribution in [0.25, 0.3) is 12.2 Å². The maximum Gasteiger partial charge on any atom is 0.256 e. The Balaban J connectivity index is 1.62. The topological polar surface area (TPSA) is 87.7 Å². The van der Waals surface area contributed by atoms with Gasteiger partial charge in [0.25, 0.3) is 5.91 Å². The molecular formula is C23H18F5N3O4. The average molecular weight is 495 g/mol. The van der Waals surface area contributed by atoms with E-state index < -0.39 is 64.5 Å². The Morgan fingerprint density at radius 2 is 1.74 bits per heavy atom. The molecule has 35 heavy (non-hydrogen) atoms. The molecule has 1 saturated heterocycles. The van der Waals surface area contributed by atoms with Gasteiger partial charge in [0.15, 0.2) is 23.3 Å². The van der Waals surface area contributed by atoms with Crippen molar-refractivity contribution in [2.45, 2.75) is 18.5 Å². The van der Waals surface area contributed by atoms with E-state index in [2.05, 4.69) is 10.6 Å². The van der Waals surface area contributed by atoms with E-state index in [9.17, 15) is 36.3 Å². The Labute approximate surface area is 195 Å². The van der Waals surface area contributed by atoms with Crippen LogP contribution in [-0.4, -0.2) is 55.0 Å². The van der Waals surface area contributed by atoms with Gasteiger partial charge in [0, 0.05) is 19.7 Å². The van der Waals surface area contributed by atoms with Gasteiger partial charge in [-0.15, -0.1) is 0 Å². The normalized spacial score (nSPS) is 19.4. The quantitative estimate of drug-likeness (QED) is 0.289. The fourth-order valence-corrected chi connectivity index (χ4v) is 4.08. The molecule has 1 fully saturated rings. The number of methoxy groups -OCH3 is 1. The maximum absolute atomic E-state index is 13.9. The number of amides is 3. The minimum atomic E-state index is -2.26. The summed E-state index contributed by atoms with van der Waals surface area (Å²) in [5, 5.41) is 5.33. The summed E-state index contributed by atoms with van der Waals surface area (Å²) >= 11 is 0. The van der Waals surface area contributed by atoms with Crippen LogP contribution >= 0.6 is 0 Å². The summed E-state index contributed by atoms with van der Waals surface area (Å²) in [5.74, 6) is -11.8. The molecule has 0 spiro atoms. The molecule has 2 aromatic rings. The number of benzene rings is 2. The summed E-state index contributed by atoms with van der Waals surface area (Å²) in [6.45, 7) is -0.112. The van der Waals surface area contributed by atoms with Gasteiger partial charge in [-0.2, -0.15) is 0 Å². The fraction of sp³-hybridized carbons (Fsp3) is 0.261. The molecule has 2 aromatic carbocycles. The first-order chi connectivity index (χ1) is 16.6. The van der Waals surface area contributed by atoms with Crippen molar-refractivity contribution >= 4 is 35.6 Å². The van der Waals surface area contributed by atoms with E-state index in [0.29, 0.717) is 6.08 Å². The summed E-state index contributed by atoms with van der Waals surface area (Å²) in [6.07, 6.45) is 1.97. The van der Waals surface area contributed by atoms with Gasteiger partial charge in [-0.1, -0.05) is 12.1 Å². The molecule has 12 heteroatoms. The first-order valence-electron chi connectivity index (χ1n) is 10.4. The number of nitrogens with zero attached hydrogens (tertiary/aromatic N) is 1. The molecular weight excluding hydrogens is 477 g/mol. The maximum atomic E-state index is 13.9. The molecule has 2 atom stereocenters. The van der Waals surface area contributed by atoms with Crippen LogP contribution in [0.3, 0.4) is 0 Å². The summed E-state index contributed by atoms with van der Waals surface area (Å²) in [4.78, 5) is 39.0. The van der Waals surface area contributed by atoms with E-state index in [0.717, 1.165) is 6.08 Å². The first kappa shape index (κ1) is 24.3. The highest BCUT2D eigenvalue weighted by molar-refractivity contribution is 6.10. The number of rotatable bonds is 5. The Bertz CT molecular complexity index is 1240. The lowest BCUT2D eigenvalue weighted by molar-refractivity contribution is -0.125. The highest BCUT2D eigenvalue weighted by Crippen LogP contribution is 2.31. The zero-order chi connectivity index (χ0) is 25.4. The summed E-state index contributed by atoms with van der Waals surface area (Å²) < 4.78 is 72.8. The van der Waals surface area contributed by atoms with Crippen molar-refractivity contribution in [2.24, 2.45) is 0 Å². The van der Waals surface area contributed by atoms with Crippen LogP contribution < -0.4 is 10.6 Å². The third kappa shape index (κ3) is 4.48. The average Bonchev–Trinajstić information content (AvgIpc) is 3.22. The van der Waals surface area contributed by atoms with Crippen LogP contribution in [0, 0.1) is 29.1 Å². The summed E-state index contributed by atoms with van der Waals surface area (Å²) in [6, 6.07) is 2.80. The summed E-state index contributed by atoms with van der Waals surface area (Å²) in [7, 11) is 1.35.